The van der Waals surface area contributed by atoms with Gasteiger partial charge in [0.1, 0.15) is 0 Å². The average Bonchev–Trinajstić information content (AvgIpc) is 2.53. The van der Waals surface area contributed by atoms with Gasteiger partial charge in [0.2, 0.25) is 0 Å². The van der Waals surface area contributed by atoms with E-state index in [1.54, 1.807) is 31.9 Å². The summed E-state index contributed by atoms with van der Waals surface area (Å²) in [4.78, 5) is 14.5. The van der Waals surface area contributed by atoms with Crippen molar-refractivity contribution in [3.05, 3.63) is 17.7 Å². The van der Waals surface area contributed by atoms with Crippen molar-refractivity contribution in [2.45, 2.75) is 58.7 Å². The molecule has 0 fully saturated rings. The lowest BCUT2D eigenvalue weighted by Gasteiger charge is -2.39. The van der Waals surface area contributed by atoms with Gasteiger partial charge in [-0.1, -0.05) is 26.2 Å². The molecular formula is C18H27NO4. The van der Waals surface area contributed by atoms with Gasteiger partial charge in [-0.25, -0.2) is 0 Å². The number of carbonyl (C=O) groups excluding carboxylic acids is 1. The van der Waals surface area contributed by atoms with Gasteiger partial charge in [0.25, 0.3) is 5.91 Å². The Bertz CT molecular complexity index is 568. The zero-order chi connectivity index (χ0) is 17.0. The van der Waals surface area contributed by atoms with Crippen molar-refractivity contribution in [2.24, 2.45) is 0 Å². The Kier molecular flexibility index (Phi) is 5.52. The van der Waals surface area contributed by atoms with E-state index in [1.807, 2.05) is 6.07 Å². The highest BCUT2D eigenvalue weighted by atomic mass is 16.5. The van der Waals surface area contributed by atoms with Crippen LogP contribution in [0.5, 0.6) is 11.5 Å². The third kappa shape index (κ3) is 3.61. The van der Waals surface area contributed by atoms with Crippen molar-refractivity contribution >= 4 is 11.6 Å². The molecule has 1 amide bonds. The monoisotopic (exact) mass is 321 g/mol. The number of amides is 1. The summed E-state index contributed by atoms with van der Waals surface area (Å²) in [7, 11) is 1.56. The molecule has 0 atom stereocenters. The van der Waals surface area contributed by atoms with Gasteiger partial charge >= 0.3 is 0 Å². The lowest BCUT2D eigenvalue weighted by atomic mass is 10.0. The molecule has 5 nitrogen and oxygen atoms in total. The van der Waals surface area contributed by atoms with Crippen LogP contribution in [0.3, 0.4) is 0 Å². The highest BCUT2D eigenvalue weighted by Crippen LogP contribution is 2.45. The van der Waals surface area contributed by atoms with E-state index in [4.69, 9.17) is 9.47 Å². The number of ether oxygens (including phenoxy) is 2. The molecule has 2 rings (SSSR count). The lowest BCUT2D eigenvalue weighted by molar-refractivity contribution is -0.132. The molecule has 0 saturated carbocycles. The Morgan fingerprint density at radius 1 is 1.26 bits per heavy atom. The van der Waals surface area contributed by atoms with Gasteiger partial charge in [-0.05, 0) is 38.0 Å². The summed E-state index contributed by atoms with van der Waals surface area (Å²) in [5.41, 5.74) is 0.468. The van der Waals surface area contributed by atoms with Crippen LogP contribution in [0.1, 0.15) is 52.0 Å². The molecule has 0 spiro atoms. The van der Waals surface area contributed by atoms with Crippen LogP contribution < -0.4 is 14.4 Å². The Morgan fingerprint density at radius 3 is 2.61 bits per heavy atom. The number of hydrogen-bond acceptors (Lipinski definition) is 4. The van der Waals surface area contributed by atoms with Crippen LogP contribution in [-0.4, -0.2) is 30.3 Å². The van der Waals surface area contributed by atoms with Gasteiger partial charge in [0.05, 0.1) is 19.4 Å². The van der Waals surface area contributed by atoms with Gasteiger partial charge < -0.3 is 19.5 Å². The second-order valence-electron chi connectivity index (χ2n) is 6.43. The second-order valence-corrected chi connectivity index (χ2v) is 6.43. The third-order valence-corrected chi connectivity index (χ3v) is 4.14. The molecule has 1 aliphatic rings. The highest BCUT2D eigenvalue weighted by Gasteiger charge is 2.42. The van der Waals surface area contributed by atoms with Gasteiger partial charge in [-0.2, -0.15) is 0 Å². The van der Waals surface area contributed by atoms with Crippen molar-refractivity contribution in [2.75, 3.05) is 18.6 Å². The van der Waals surface area contributed by atoms with E-state index in [0.29, 0.717) is 29.3 Å². The first-order chi connectivity index (χ1) is 10.9. The van der Waals surface area contributed by atoms with E-state index in [9.17, 15) is 9.90 Å². The number of unbranched alkanes of at least 4 members (excludes halogenated alkanes) is 3. The van der Waals surface area contributed by atoms with Crippen molar-refractivity contribution in [3.8, 4) is 11.5 Å². The highest BCUT2D eigenvalue weighted by molar-refractivity contribution is 6.03. The van der Waals surface area contributed by atoms with Crippen LogP contribution in [0.25, 0.3) is 0 Å². The standard InChI is InChI=1S/C18H27NO4/c1-5-6-7-8-9-19-14-10-13(12-20)11-15(22-4)16(14)23-18(2,3)17(19)21/h10-11,20H,5-9,12H2,1-4H3. The van der Waals surface area contributed by atoms with Gasteiger partial charge in [-0.15, -0.1) is 0 Å². The molecule has 5 heteroatoms. The zero-order valence-corrected chi connectivity index (χ0v) is 14.5. The number of aliphatic hydroxyl groups is 1. The number of nitrogens with zero attached hydrogens (tertiary/aromatic N) is 1. The summed E-state index contributed by atoms with van der Waals surface area (Å²) in [6.07, 6.45) is 4.35. The molecule has 1 aromatic carbocycles. The number of anilines is 1. The van der Waals surface area contributed by atoms with Crippen LogP contribution in [0, 0.1) is 0 Å². The number of methoxy groups -OCH3 is 1. The number of carbonyl (C=O) groups is 1. The summed E-state index contributed by atoms with van der Waals surface area (Å²) >= 11 is 0. The normalized spacial score (nSPS) is 16.0. The molecule has 1 N–H and O–H groups in total. The van der Waals surface area contributed by atoms with Crippen molar-refractivity contribution < 1.29 is 19.4 Å². The van der Waals surface area contributed by atoms with E-state index < -0.39 is 5.60 Å². The smallest absolute Gasteiger partial charge is 0.270 e. The summed E-state index contributed by atoms with van der Waals surface area (Å²) in [5.74, 6) is 1.06. The topological polar surface area (TPSA) is 59.0 Å². The zero-order valence-electron chi connectivity index (χ0n) is 14.5. The first kappa shape index (κ1) is 17.6. The van der Waals surface area contributed by atoms with E-state index in [-0.39, 0.29) is 12.5 Å². The quantitative estimate of drug-likeness (QED) is 0.783. The number of rotatable bonds is 7. The SMILES string of the molecule is CCCCCCN1C(=O)C(C)(C)Oc2c(OC)cc(CO)cc21. The fraction of sp³-hybridized carbons (Fsp3) is 0.611. The minimum absolute atomic E-state index is 0.0568. The fourth-order valence-corrected chi connectivity index (χ4v) is 2.84. The molecule has 128 valence electrons. The van der Waals surface area contributed by atoms with Crippen LogP contribution >= 0.6 is 0 Å². The summed E-state index contributed by atoms with van der Waals surface area (Å²) in [6.45, 7) is 6.26. The third-order valence-electron chi connectivity index (χ3n) is 4.14. The molecule has 0 aromatic heterocycles. The number of fused-ring (bicyclic) bond motifs is 1. The molecule has 0 aliphatic carbocycles. The first-order valence-corrected chi connectivity index (χ1v) is 8.27. The Balaban J connectivity index is 2.39. The van der Waals surface area contributed by atoms with Crippen LogP contribution in [-0.2, 0) is 11.4 Å². The maximum atomic E-state index is 12.8. The molecule has 23 heavy (non-hydrogen) atoms. The molecule has 1 heterocycles. The van der Waals surface area contributed by atoms with Gasteiger partial charge in [-0.3, -0.25) is 4.79 Å². The Morgan fingerprint density at radius 2 is 2.00 bits per heavy atom. The minimum atomic E-state index is -0.925. The van der Waals surface area contributed by atoms with Gasteiger partial charge in [0.15, 0.2) is 17.1 Å². The largest absolute Gasteiger partial charge is 0.493 e. The summed E-state index contributed by atoms with van der Waals surface area (Å²) < 4.78 is 11.3. The lowest BCUT2D eigenvalue weighted by Crippen LogP contribution is -2.52. The second kappa shape index (κ2) is 7.21. The maximum Gasteiger partial charge on any atom is 0.270 e. The van der Waals surface area contributed by atoms with E-state index >= 15 is 0 Å². The van der Waals surface area contributed by atoms with Crippen molar-refractivity contribution in [1.29, 1.82) is 0 Å². The van der Waals surface area contributed by atoms with E-state index in [1.165, 1.54) is 0 Å². The van der Waals surface area contributed by atoms with Crippen LogP contribution in [0.4, 0.5) is 5.69 Å². The predicted octanol–water partition coefficient (Wildman–Crippen LogP) is 3.27. The minimum Gasteiger partial charge on any atom is -0.493 e. The molecule has 0 bridgehead atoms. The van der Waals surface area contributed by atoms with Crippen LogP contribution in [0.15, 0.2) is 12.1 Å². The van der Waals surface area contributed by atoms with E-state index in [2.05, 4.69) is 6.92 Å². The fourth-order valence-electron chi connectivity index (χ4n) is 2.84. The molecule has 1 aromatic rings. The van der Waals surface area contributed by atoms with E-state index in [0.717, 1.165) is 25.7 Å². The number of hydrogen-bond donors (Lipinski definition) is 1. The Labute approximate surface area is 138 Å². The molecule has 0 radical (unpaired) electrons. The molecule has 1 aliphatic heterocycles. The molecule has 0 saturated heterocycles. The number of aliphatic hydroxyl groups excluding tert-OH is 1. The molecule has 0 unspecified atom stereocenters. The molecular weight excluding hydrogens is 294 g/mol. The number of benzene rings is 1. The van der Waals surface area contributed by atoms with Crippen molar-refractivity contribution in [1.82, 2.24) is 0 Å². The predicted molar refractivity (Wildman–Crippen MR) is 90.1 cm³/mol. The van der Waals surface area contributed by atoms with Crippen LogP contribution in [0.2, 0.25) is 0 Å². The first-order valence-electron chi connectivity index (χ1n) is 8.27. The maximum absolute atomic E-state index is 12.8. The average molecular weight is 321 g/mol. The Hall–Kier alpha value is -1.75. The van der Waals surface area contributed by atoms with Gasteiger partial charge in [0, 0.05) is 6.54 Å². The summed E-state index contributed by atoms with van der Waals surface area (Å²) in [5, 5.41) is 9.46. The summed E-state index contributed by atoms with van der Waals surface area (Å²) in [6, 6.07) is 3.56. The van der Waals surface area contributed by atoms with Crippen molar-refractivity contribution in [3.63, 3.8) is 0 Å².